The van der Waals surface area contributed by atoms with Crippen molar-refractivity contribution < 1.29 is 8.42 Å². The van der Waals surface area contributed by atoms with Crippen molar-refractivity contribution in [1.82, 2.24) is 4.72 Å². The lowest BCUT2D eigenvalue weighted by Gasteiger charge is -2.07. The number of nitrogens with zero attached hydrogens (tertiary/aromatic N) is 1. The second kappa shape index (κ2) is 9.00. The zero-order valence-corrected chi connectivity index (χ0v) is 16.6. The van der Waals surface area contributed by atoms with Crippen molar-refractivity contribution in [3.8, 4) is 0 Å². The number of hydrogen-bond donors (Lipinski definition) is 3. The molecule has 0 bridgehead atoms. The lowest BCUT2D eigenvalue weighted by atomic mass is 10.2. The van der Waals surface area contributed by atoms with Crippen molar-refractivity contribution in [2.75, 3.05) is 12.4 Å². The van der Waals surface area contributed by atoms with Crippen LogP contribution in [0.5, 0.6) is 0 Å². The number of rotatable bonds is 5. The van der Waals surface area contributed by atoms with E-state index in [1.807, 2.05) is 31.2 Å². The molecule has 0 heterocycles. The van der Waals surface area contributed by atoms with Crippen molar-refractivity contribution >= 4 is 45.6 Å². The largest absolute Gasteiger partial charge is 0.370 e. The Bertz CT molecular complexity index is 822. The summed E-state index contributed by atoms with van der Waals surface area (Å²) in [4.78, 5) is 4.44. The third-order valence-electron chi connectivity index (χ3n) is 3.20. The Kier molecular flexibility index (Phi) is 7.64. The van der Waals surface area contributed by atoms with Gasteiger partial charge in [0, 0.05) is 5.69 Å². The summed E-state index contributed by atoms with van der Waals surface area (Å²) >= 11 is 0. The number of guanidine groups is 1. The van der Waals surface area contributed by atoms with E-state index in [0.717, 1.165) is 16.8 Å². The van der Waals surface area contributed by atoms with E-state index < -0.39 is 10.0 Å². The molecule has 2 aromatic carbocycles. The number of nitrogens with one attached hydrogen (secondary N) is 2. The number of aliphatic imine (C=N–C) groups is 1. The molecule has 0 unspecified atom stereocenters. The van der Waals surface area contributed by atoms with E-state index in [-0.39, 0.29) is 41.4 Å². The molecule has 0 aromatic heterocycles. The van der Waals surface area contributed by atoms with Crippen LogP contribution in [0.3, 0.4) is 0 Å². The zero-order chi connectivity index (χ0) is 16.9. The number of benzene rings is 2. The first-order chi connectivity index (χ1) is 10.9. The van der Waals surface area contributed by atoms with Gasteiger partial charge in [0.2, 0.25) is 10.0 Å². The molecule has 0 fully saturated rings. The van der Waals surface area contributed by atoms with E-state index in [9.17, 15) is 8.42 Å². The topological polar surface area (TPSA) is 96.6 Å². The average Bonchev–Trinajstić information content (AvgIpc) is 2.53. The lowest BCUT2D eigenvalue weighted by Crippen LogP contribution is -2.22. The molecule has 0 radical (unpaired) electrons. The molecule has 0 amide bonds. The van der Waals surface area contributed by atoms with Gasteiger partial charge in [-0.25, -0.2) is 18.1 Å². The molecule has 0 saturated carbocycles. The molecule has 0 spiro atoms. The summed E-state index contributed by atoms with van der Waals surface area (Å²) in [5, 5.41) is 3.01. The van der Waals surface area contributed by atoms with Crippen LogP contribution >= 0.6 is 24.0 Å². The maximum absolute atomic E-state index is 11.8. The van der Waals surface area contributed by atoms with Crippen LogP contribution in [-0.4, -0.2) is 21.4 Å². The van der Waals surface area contributed by atoms with Crippen LogP contribution in [0, 0.1) is 6.92 Å². The highest BCUT2D eigenvalue weighted by Gasteiger charge is 2.11. The Morgan fingerprint density at radius 2 is 1.88 bits per heavy atom. The van der Waals surface area contributed by atoms with Gasteiger partial charge in [-0.3, -0.25) is 0 Å². The van der Waals surface area contributed by atoms with E-state index >= 15 is 0 Å². The lowest BCUT2D eigenvalue weighted by molar-refractivity contribution is 0.588. The highest BCUT2D eigenvalue weighted by Crippen LogP contribution is 2.12. The Balaban J connectivity index is 0.00000288. The Labute approximate surface area is 159 Å². The summed E-state index contributed by atoms with van der Waals surface area (Å²) in [6, 6.07) is 14.4. The van der Waals surface area contributed by atoms with Crippen LogP contribution in [0.25, 0.3) is 0 Å². The van der Waals surface area contributed by atoms with Crippen molar-refractivity contribution in [2.45, 2.75) is 18.4 Å². The summed E-state index contributed by atoms with van der Waals surface area (Å²) in [6.45, 7) is 2.28. The van der Waals surface area contributed by atoms with E-state index in [4.69, 9.17) is 5.73 Å². The van der Waals surface area contributed by atoms with E-state index in [1.165, 1.54) is 13.1 Å². The number of hydrogen-bond acceptors (Lipinski definition) is 3. The molecular formula is C16H21IN4O2S. The number of halogens is 1. The average molecular weight is 460 g/mol. The van der Waals surface area contributed by atoms with Gasteiger partial charge in [0.1, 0.15) is 0 Å². The number of anilines is 1. The van der Waals surface area contributed by atoms with Gasteiger partial charge in [0.05, 0.1) is 11.4 Å². The first-order valence-corrected chi connectivity index (χ1v) is 8.55. The van der Waals surface area contributed by atoms with Gasteiger partial charge in [0.25, 0.3) is 0 Å². The molecule has 0 saturated heterocycles. The third kappa shape index (κ3) is 5.77. The minimum atomic E-state index is -3.46. The summed E-state index contributed by atoms with van der Waals surface area (Å²) < 4.78 is 25.8. The Morgan fingerprint density at radius 3 is 2.54 bits per heavy atom. The quantitative estimate of drug-likeness (QED) is 0.363. The van der Waals surface area contributed by atoms with Gasteiger partial charge < -0.3 is 11.1 Å². The molecule has 130 valence electrons. The molecule has 4 N–H and O–H groups in total. The minimum absolute atomic E-state index is 0. The van der Waals surface area contributed by atoms with Crippen LogP contribution in [0.1, 0.15) is 11.1 Å². The van der Waals surface area contributed by atoms with E-state index in [0.29, 0.717) is 0 Å². The summed E-state index contributed by atoms with van der Waals surface area (Å²) in [7, 11) is -2.08. The monoisotopic (exact) mass is 460 g/mol. The smallest absolute Gasteiger partial charge is 0.240 e. The summed E-state index contributed by atoms with van der Waals surface area (Å²) in [5.74, 6) is 0.275. The second-order valence-electron chi connectivity index (χ2n) is 5.05. The molecule has 6 nitrogen and oxygen atoms in total. The maximum atomic E-state index is 11.8. The first kappa shape index (κ1) is 20.4. The van der Waals surface area contributed by atoms with Crippen LogP contribution in [0.2, 0.25) is 0 Å². The van der Waals surface area contributed by atoms with Gasteiger partial charge in [-0.2, -0.15) is 0 Å². The van der Waals surface area contributed by atoms with Crippen LogP contribution in [-0.2, 0) is 16.6 Å². The molecule has 2 rings (SSSR count). The van der Waals surface area contributed by atoms with Crippen molar-refractivity contribution in [3.63, 3.8) is 0 Å². The third-order valence-corrected chi connectivity index (χ3v) is 4.61. The fraction of sp³-hybridized carbons (Fsp3) is 0.188. The number of aryl methyl sites for hydroxylation is 1. The molecule has 0 atom stereocenters. The Morgan fingerprint density at radius 1 is 1.17 bits per heavy atom. The fourth-order valence-corrected chi connectivity index (χ4v) is 2.82. The molecule has 2 aromatic rings. The Hall–Kier alpha value is -1.65. The predicted octanol–water partition coefficient (Wildman–Crippen LogP) is 2.45. The van der Waals surface area contributed by atoms with Crippen molar-refractivity contribution in [2.24, 2.45) is 10.7 Å². The van der Waals surface area contributed by atoms with Gasteiger partial charge in [-0.15, -0.1) is 24.0 Å². The van der Waals surface area contributed by atoms with Gasteiger partial charge in [0.15, 0.2) is 5.96 Å². The van der Waals surface area contributed by atoms with Crippen molar-refractivity contribution in [1.29, 1.82) is 0 Å². The highest BCUT2D eigenvalue weighted by molar-refractivity contribution is 14.0. The summed E-state index contributed by atoms with van der Waals surface area (Å²) in [6.07, 6.45) is 0. The first-order valence-electron chi connectivity index (χ1n) is 7.07. The highest BCUT2D eigenvalue weighted by atomic mass is 127. The van der Waals surface area contributed by atoms with Gasteiger partial charge in [-0.05, 0) is 49.4 Å². The molecule has 8 heteroatoms. The van der Waals surface area contributed by atoms with E-state index in [2.05, 4.69) is 15.0 Å². The fourth-order valence-electron chi connectivity index (χ4n) is 2.02. The standard InChI is InChI=1S/C16H20N4O2S.HI/c1-12-5-3-7-14(9-12)20-16(17)19-11-13-6-4-8-15(10-13)23(21,22)18-2;/h3-10,18H,11H2,1-2H3,(H3,17,19,20);1H. The molecule has 0 aliphatic carbocycles. The number of nitrogens with two attached hydrogens (primary N) is 1. The molecular weight excluding hydrogens is 439 g/mol. The van der Waals surface area contributed by atoms with Gasteiger partial charge >= 0.3 is 0 Å². The second-order valence-corrected chi connectivity index (χ2v) is 6.94. The molecule has 0 aliphatic rings. The normalized spacial score (nSPS) is 11.7. The van der Waals surface area contributed by atoms with Gasteiger partial charge in [-0.1, -0.05) is 24.3 Å². The van der Waals surface area contributed by atoms with Crippen LogP contribution in [0.4, 0.5) is 5.69 Å². The van der Waals surface area contributed by atoms with Crippen LogP contribution in [0.15, 0.2) is 58.4 Å². The molecule has 0 aliphatic heterocycles. The van der Waals surface area contributed by atoms with E-state index in [1.54, 1.807) is 18.2 Å². The predicted molar refractivity (Wildman–Crippen MR) is 108 cm³/mol. The number of sulfonamides is 1. The zero-order valence-electron chi connectivity index (χ0n) is 13.5. The summed E-state index contributed by atoms with van der Waals surface area (Å²) in [5.41, 5.74) is 8.60. The SMILES string of the molecule is CNS(=O)(=O)c1cccc(CN=C(N)Nc2cccc(C)c2)c1.I. The minimum Gasteiger partial charge on any atom is -0.370 e. The van der Waals surface area contributed by atoms with Crippen molar-refractivity contribution in [3.05, 3.63) is 59.7 Å². The molecule has 24 heavy (non-hydrogen) atoms. The van der Waals surface area contributed by atoms with Crippen LogP contribution < -0.4 is 15.8 Å². The maximum Gasteiger partial charge on any atom is 0.240 e.